The number of benzene rings is 1. The standard InChI is InChI=1S/C15H16N2O3/c1-10-8-12(16)5-6-13(10)15(18)20-9-11-4-3-7-17-14(11)19-2/h3-8H,9,16H2,1-2H3. The maximum absolute atomic E-state index is 12.0. The molecule has 1 heterocycles. The van der Waals surface area contributed by atoms with Crippen molar-refractivity contribution in [2.75, 3.05) is 12.8 Å². The lowest BCUT2D eigenvalue weighted by Gasteiger charge is -2.09. The molecule has 0 amide bonds. The number of pyridine rings is 1. The number of nitrogens with zero attached hydrogens (tertiary/aromatic N) is 1. The monoisotopic (exact) mass is 272 g/mol. The van der Waals surface area contributed by atoms with Crippen molar-refractivity contribution < 1.29 is 14.3 Å². The Bertz CT molecular complexity index is 626. The molecule has 5 nitrogen and oxygen atoms in total. The van der Waals surface area contributed by atoms with E-state index in [2.05, 4.69) is 4.98 Å². The van der Waals surface area contributed by atoms with Gasteiger partial charge in [0.1, 0.15) is 6.61 Å². The molecule has 1 aromatic carbocycles. The Morgan fingerprint density at radius 2 is 2.15 bits per heavy atom. The second-order valence-electron chi connectivity index (χ2n) is 4.32. The summed E-state index contributed by atoms with van der Waals surface area (Å²) in [6.07, 6.45) is 1.62. The Balaban J connectivity index is 2.09. The molecule has 0 aliphatic heterocycles. The van der Waals surface area contributed by atoms with Crippen LogP contribution >= 0.6 is 0 Å². The van der Waals surface area contributed by atoms with Gasteiger partial charge in [-0.1, -0.05) is 0 Å². The summed E-state index contributed by atoms with van der Waals surface area (Å²) in [6.45, 7) is 1.93. The van der Waals surface area contributed by atoms with E-state index < -0.39 is 5.97 Å². The van der Waals surface area contributed by atoms with E-state index in [0.717, 1.165) is 11.1 Å². The summed E-state index contributed by atoms with van der Waals surface area (Å²) < 4.78 is 10.4. The van der Waals surface area contributed by atoms with Gasteiger partial charge in [0.15, 0.2) is 0 Å². The van der Waals surface area contributed by atoms with Gasteiger partial charge in [0.05, 0.1) is 18.2 Å². The van der Waals surface area contributed by atoms with Crippen LogP contribution in [0, 0.1) is 6.92 Å². The Morgan fingerprint density at radius 1 is 1.35 bits per heavy atom. The molecule has 0 spiro atoms. The van der Waals surface area contributed by atoms with E-state index in [0.29, 0.717) is 17.1 Å². The second-order valence-corrected chi connectivity index (χ2v) is 4.32. The van der Waals surface area contributed by atoms with Gasteiger partial charge in [-0.05, 0) is 42.8 Å². The van der Waals surface area contributed by atoms with E-state index in [1.54, 1.807) is 36.5 Å². The molecule has 0 bridgehead atoms. The predicted octanol–water partition coefficient (Wildman–Crippen LogP) is 2.34. The highest BCUT2D eigenvalue weighted by atomic mass is 16.5. The maximum atomic E-state index is 12.0. The third kappa shape index (κ3) is 3.06. The Hall–Kier alpha value is -2.56. The van der Waals surface area contributed by atoms with Crippen molar-refractivity contribution in [2.24, 2.45) is 0 Å². The SMILES string of the molecule is COc1ncccc1COC(=O)c1ccc(N)cc1C. The van der Waals surface area contributed by atoms with Gasteiger partial charge in [-0.25, -0.2) is 9.78 Å². The van der Waals surface area contributed by atoms with Gasteiger partial charge in [0.25, 0.3) is 0 Å². The number of rotatable bonds is 4. The second kappa shape index (κ2) is 6.06. The lowest BCUT2D eigenvalue weighted by Crippen LogP contribution is -2.08. The molecular formula is C15H16N2O3. The summed E-state index contributed by atoms with van der Waals surface area (Å²) in [5.41, 5.74) is 8.28. The number of carbonyl (C=O) groups is 1. The van der Waals surface area contributed by atoms with Gasteiger partial charge in [0, 0.05) is 11.9 Å². The fraction of sp³-hybridized carbons (Fsp3) is 0.200. The number of carbonyl (C=O) groups excluding carboxylic acids is 1. The van der Waals surface area contributed by atoms with E-state index >= 15 is 0 Å². The van der Waals surface area contributed by atoms with Gasteiger partial charge >= 0.3 is 5.97 Å². The van der Waals surface area contributed by atoms with Gasteiger partial charge < -0.3 is 15.2 Å². The predicted molar refractivity (Wildman–Crippen MR) is 75.5 cm³/mol. The number of hydrogen-bond donors (Lipinski definition) is 1. The molecule has 0 aliphatic carbocycles. The molecule has 20 heavy (non-hydrogen) atoms. The van der Waals surface area contributed by atoms with Crippen LogP contribution in [0.15, 0.2) is 36.5 Å². The van der Waals surface area contributed by atoms with Crippen molar-refractivity contribution in [3.63, 3.8) is 0 Å². The zero-order chi connectivity index (χ0) is 14.5. The molecule has 0 aliphatic rings. The smallest absolute Gasteiger partial charge is 0.338 e. The third-order valence-corrected chi connectivity index (χ3v) is 2.87. The first kappa shape index (κ1) is 13.9. The number of nitrogen functional groups attached to an aromatic ring is 1. The Kier molecular flexibility index (Phi) is 4.20. The number of esters is 1. The first-order valence-corrected chi connectivity index (χ1v) is 6.13. The van der Waals surface area contributed by atoms with E-state index in [9.17, 15) is 4.79 Å². The number of aromatic nitrogens is 1. The number of ether oxygens (including phenoxy) is 2. The first-order chi connectivity index (χ1) is 9.61. The van der Waals surface area contributed by atoms with E-state index in [1.165, 1.54) is 7.11 Å². The lowest BCUT2D eigenvalue weighted by molar-refractivity contribution is 0.0468. The summed E-state index contributed by atoms with van der Waals surface area (Å²) in [7, 11) is 1.53. The zero-order valence-corrected chi connectivity index (χ0v) is 11.4. The molecule has 2 aromatic rings. The Labute approximate surface area is 117 Å². The van der Waals surface area contributed by atoms with Gasteiger partial charge in [-0.2, -0.15) is 0 Å². The van der Waals surface area contributed by atoms with Gasteiger partial charge in [-0.15, -0.1) is 0 Å². The van der Waals surface area contributed by atoms with Crippen LogP contribution in [-0.4, -0.2) is 18.1 Å². The molecule has 0 radical (unpaired) electrons. The lowest BCUT2D eigenvalue weighted by atomic mass is 10.1. The van der Waals surface area contributed by atoms with Crippen LogP contribution in [0.25, 0.3) is 0 Å². The minimum absolute atomic E-state index is 0.111. The largest absolute Gasteiger partial charge is 0.481 e. The topological polar surface area (TPSA) is 74.4 Å². The molecule has 0 atom stereocenters. The molecule has 0 saturated heterocycles. The quantitative estimate of drug-likeness (QED) is 0.683. The third-order valence-electron chi connectivity index (χ3n) is 2.87. The highest BCUT2D eigenvalue weighted by molar-refractivity contribution is 5.91. The van der Waals surface area contributed by atoms with Gasteiger partial charge in [-0.3, -0.25) is 0 Å². The van der Waals surface area contributed by atoms with Crippen molar-refractivity contribution in [3.05, 3.63) is 53.2 Å². The number of nitrogens with two attached hydrogens (primary N) is 1. The molecule has 2 rings (SSSR count). The van der Waals surface area contributed by atoms with Crippen LogP contribution in [0.1, 0.15) is 21.5 Å². The summed E-state index contributed by atoms with van der Waals surface area (Å²) in [6, 6.07) is 8.64. The normalized spacial score (nSPS) is 10.1. The summed E-state index contributed by atoms with van der Waals surface area (Å²) in [5, 5.41) is 0. The molecule has 1 aromatic heterocycles. The van der Waals surface area contributed by atoms with Crippen molar-refractivity contribution in [1.82, 2.24) is 4.98 Å². The summed E-state index contributed by atoms with van der Waals surface area (Å²) in [4.78, 5) is 16.1. The Morgan fingerprint density at radius 3 is 2.85 bits per heavy atom. The fourth-order valence-electron chi connectivity index (χ4n) is 1.85. The molecular weight excluding hydrogens is 256 g/mol. The number of anilines is 1. The maximum Gasteiger partial charge on any atom is 0.338 e. The number of hydrogen-bond acceptors (Lipinski definition) is 5. The molecule has 104 valence electrons. The molecule has 5 heteroatoms. The molecule has 0 fully saturated rings. The van der Waals surface area contributed by atoms with Crippen LogP contribution in [0.2, 0.25) is 0 Å². The average molecular weight is 272 g/mol. The highest BCUT2D eigenvalue weighted by Crippen LogP contribution is 2.17. The van der Waals surface area contributed by atoms with Crippen molar-refractivity contribution >= 4 is 11.7 Å². The summed E-state index contributed by atoms with van der Waals surface area (Å²) >= 11 is 0. The fourth-order valence-corrected chi connectivity index (χ4v) is 1.85. The average Bonchev–Trinajstić information content (AvgIpc) is 2.45. The van der Waals surface area contributed by atoms with E-state index in [1.807, 2.05) is 6.92 Å². The minimum Gasteiger partial charge on any atom is -0.481 e. The summed E-state index contributed by atoms with van der Waals surface area (Å²) in [5.74, 6) is 0.0581. The minimum atomic E-state index is -0.395. The zero-order valence-electron chi connectivity index (χ0n) is 11.4. The van der Waals surface area contributed by atoms with Crippen LogP contribution in [0.5, 0.6) is 5.88 Å². The number of aryl methyl sites for hydroxylation is 1. The first-order valence-electron chi connectivity index (χ1n) is 6.13. The van der Waals surface area contributed by atoms with Crippen molar-refractivity contribution in [1.29, 1.82) is 0 Å². The van der Waals surface area contributed by atoms with Crippen LogP contribution in [0.4, 0.5) is 5.69 Å². The van der Waals surface area contributed by atoms with Crippen LogP contribution < -0.4 is 10.5 Å². The highest BCUT2D eigenvalue weighted by Gasteiger charge is 2.12. The van der Waals surface area contributed by atoms with Crippen molar-refractivity contribution in [3.8, 4) is 5.88 Å². The van der Waals surface area contributed by atoms with Crippen LogP contribution in [-0.2, 0) is 11.3 Å². The van der Waals surface area contributed by atoms with E-state index in [-0.39, 0.29) is 6.61 Å². The van der Waals surface area contributed by atoms with Crippen LogP contribution in [0.3, 0.4) is 0 Å². The molecule has 0 saturated carbocycles. The molecule has 0 unspecified atom stereocenters. The molecule has 2 N–H and O–H groups in total. The number of methoxy groups -OCH3 is 1. The van der Waals surface area contributed by atoms with Crippen molar-refractivity contribution in [2.45, 2.75) is 13.5 Å². The van der Waals surface area contributed by atoms with Gasteiger partial charge in [0.2, 0.25) is 5.88 Å². The van der Waals surface area contributed by atoms with E-state index in [4.69, 9.17) is 15.2 Å².